The molecule has 5 heteroatoms. The van der Waals surface area contributed by atoms with E-state index in [9.17, 15) is 4.79 Å². The van der Waals surface area contributed by atoms with Crippen LogP contribution in [0.1, 0.15) is 38.4 Å². The number of hydrogen-bond acceptors (Lipinski definition) is 5. The first-order valence-corrected chi connectivity index (χ1v) is 8.15. The quantitative estimate of drug-likeness (QED) is 0.780. The van der Waals surface area contributed by atoms with E-state index in [1.807, 2.05) is 31.2 Å². The van der Waals surface area contributed by atoms with Crippen molar-refractivity contribution in [2.24, 2.45) is 11.8 Å². The van der Waals surface area contributed by atoms with Crippen molar-refractivity contribution in [3.63, 3.8) is 0 Å². The van der Waals surface area contributed by atoms with Crippen LogP contribution in [0.5, 0.6) is 5.75 Å². The Morgan fingerprint density at radius 1 is 1.22 bits per heavy atom. The first-order valence-electron chi connectivity index (χ1n) is 8.15. The molecular formula is C18H24O5. The zero-order valence-corrected chi connectivity index (χ0v) is 13.9. The van der Waals surface area contributed by atoms with Crippen molar-refractivity contribution in [3.05, 3.63) is 29.8 Å². The maximum atomic E-state index is 12.3. The van der Waals surface area contributed by atoms with Gasteiger partial charge in [0.25, 0.3) is 0 Å². The van der Waals surface area contributed by atoms with Crippen LogP contribution in [0.15, 0.2) is 24.3 Å². The lowest BCUT2D eigenvalue weighted by Gasteiger charge is -2.24. The molecule has 2 saturated heterocycles. The molecule has 0 spiro atoms. The summed E-state index contributed by atoms with van der Waals surface area (Å²) >= 11 is 0. The highest BCUT2D eigenvalue weighted by Gasteiger charge is 2.44. The van der Waals surface area contributed by atoms with E-state index in [-0.39, 0.29) is 23.9 Å². The van der Waals surface area contributed by atoms with Gasteiger partial charge in [-0.05, 0) is 31.0 Å². The van der Waals surface area contributed by atoms with Crippen LogP contribution in [0.4, 0.5) is 0 Å². The lowest BCUT2D eigenvalue weighted by molar-refractivity contribution is -0.153. The van der Waals surface area contributed by atoms with Gasteiger partial charge in [0.15, 0.2) is 5.79 Å². The molecule has 3 rings (SSSR count). The first-order chi connectivity index (χ1) is 11.0. The van der Waals surface area contributed by atoms with E-state index in [1.165, 1.54) is 0 Å². The van der Waals surface area contributed by atoms with Gasteiger partial charge >= 0.3 is 5.97 Å². The molecule has 0 saturated carbocycles. The minimum absolute atomic E-state index is 0.119. The summed E-state index contributed by atoms with van der Waals surface area (Å²) in [5.41, 5.74) is 1.01. The second-order valence-electron chi connectivity index (χ2n) is 6.47. The van der Waals surface area contributed by atoms with Crippen molar-refractivity contribution in [2.75, 3.05) is 20.3 Å². The molecule has 0 aliphatic carbocycles. The van der Waals surface area contributed by atoms with Crippen LogP contribution in [0, 0.1) is 11.8 Å². The van der Waals surface area contributed by atoms with Gasteiger partial charge in [-0.1, -0.05) is 19.1 Å². The number of hydrogen-bond donors (Lipinski definition) is 0. The summed E-state index contributed by atoms with van der Waals surface area (Å²) in [5.74, 6) is 0.122. The fourth-order valence-electron chi connectivity index (χ4n) is 3.41. The normalized spacial score (nSPS) is 29.5. The van der Waals surface area contributed by atoms with Gasteiger partial charge in [-0.25, -0.2) is 0 Å². The minimum Gasteiger partial charge on any atom is -0.497 e. The van der Waals surface area contributed by atoms with Gasteiger partial charge in [0.2, 0.25) is 0 Å². The number of cyclic esters (lactones) is 1. The highest BCUT2D eigenvalue weighted by atomic mass is 16.7. The molecular weight excluding hydrogens is 296 g/mol. The maximum absolute atomic E-state index is 12.3. The molecule has 1 aromatic carbocycles. The molecule has 5 nitrogen and oxygen atoms in total. The van der Waals surface area contributed by atoms with Gasteiger partial charge < -0.3 is 18.9 Å². The third-order valence-corrected chi connectivity index (χ3v) is 4.91. The predicted octanol–water partition coefficient (Wildman–Crippen LogP) is 3.09. The van der Waals surface area contributed by atoms with Crippen molar-refractivity contribution < 1.29 is 23.7 Å². The number of benzene rings is 1. The summed E-state index contributed by atoms with van der Waals surface area (Å²) < 4.78 is 22.0. The van der Waals surface area contributed by atoms with Crippen LogP contribution in [0.25, 0.3) is 0 Å². The summed E-state index contributed by atoms with van der Waals surface area (Å²) in [6.45, 7) is 5.25. The molecule has 0 amide bonds. The van der Waals surface area contributed by atoms with Crippen LogP contribution in [-0.4, -0.2) is 32.1 Å². The molecule has 3 atom stereocenters. The van der Waals surface area contributed by atoms with E-state index < -0.39 is 5.79 Å². The zero-order chi connectivity index (χ0) is 16.4. The number of methoxy groups -OCH3 is 1. The Morgan fingerprint density at radius 3 is 2.48 bits per heavy atom. The zero-order valence-electron chi connectivity index (χ0n) is 13.9. The van der Waals surface area contributed by atoms with E-state index in [2.05, 4.69) is 6.92 Å². The molecule has 0 bridgehead atoms. The second kappa shape index (κ2) is 6.49. The Bertz CT molecular complexity index is 547. The van der Waals surface area contributed by atoms with Crippen molar-refractivity contribution in [1.82, 2.24) is 0 Å². The van der Waals surface area contributed by atoms with Crippen LogP contribution >= 0.6 is 0 Å². The van der Waals surface area contributed by atoms with Gasteiger partial charge in [0, 0.05) is 12.3 Å². The maximum Gasteiger partial charge on any atom is 0.309 e. The fraction of sp³-hybridized carbons (Fsp3) is 0.611. The average molecular weight is 320 g/mol. The van der Waals surface area contributed by atoms with Crippen molar-refractivity contribution in [1.29, 1.82) is 0 Å². The molecule has 0 N–H and O–H groups in total. The van der Waals surface area contributed by atoms with Gasteiger partial charge in [0.1, 0.15) is 11.9 Å². The van der Waals surface area contributed by atoms with E-state index in [0.717, 1.165) is 11.3 Å². The summed E-state index contributed by atoms with van der Waals surface area (Å²) in [7, 11) is 1.64. The number of carbonyl (C=O) groups excluding carboxylic acids is 1. The largest absolute Gasteiger partial charge is 0.497 e. The Morgan fingerprint density at radius 2 is 1.87 bits per heavy atom. The fourth-order valence-corrected chi connectivity index (χ4v) is 3.41. The smallest absolute Gasteiger partial charge is 0.309 e. The Hall–Kier alpha value is -1.59. The molecule has 126 valence electrons. The molecule has 1 aromatic rings. The minimum atomic E-state index is -0.557. The topological polar surface area (TPSA) is 54.0 Å². The standard InChI is InChI=1S/C18H24O5/c1-12-15(8-9-18(2)21-10-11-22-18)17(19)23-16(12)13-4-6-14(20-3)7-5-13/h4-7,12,15-16H,8-11H2,1-3H3. The van der Waals surface area contributed by atoms with Gasteiger partial charge in [-0.3, -0.25) is 4.79 Å². The van der Waals surface area contributed by atoms with Crippen molar-refractivity contribution >= 4 is 5.97 Å². The number of esters is 1. The van der Waals surface area contributed by atoms with Crippen LogP contribution in [-0.2, 0) is 19.0 Å². The molecule has 2 fully saturated rings. The average Bonchev–Trinajstić information content (AvgIpc) is 3.10. The second-order valence-corrected chi connectivity index (χ2v) is 6.47. The van der Waals surface area contributed by atoms with E-state index in [1.54, 1.807) is 7.11 Å². The first kappa shape index (κ1) is 16.3. The van der Waals surface area contributed by atoms with Crippen molar-refractivity contribution in [2.45, 2.75) is 38.6 Å². The van der Waals surface area contributed by atoms with E-state index >= 15 is 0 Å². The van der Waals surface area contributed by atoms with Gasteiger partial charge in [-0.15, -0.1) is 0 Å². The van der Waals surface area contributed by atoms with Crippen LogP contribution in [0.3, 0.4) is 0 Å². The Kier molecular flexibility index (Phi) is 4.60. The van der Waals surface area contributed by atoms with Gasteiger partial charge in [-0.2, -0.15) is 0 Å². The molecule has 2 heterocycles. The predicted molar refractivity (Wildman–Crippen MR) is 84.0 cm³/mol. The lowest BCUT2D eigenvalue weighted by atomic mass is 9.85. The summed E-state index contributed by atoms with van der Waals surface area (Å²) in [5, 5.41) is 0. The molecule has 0 aromatic heterocycles. The Labute approximate surface area is 136 Å². The highest BCUT2D eigenvalue weighted by molar-refractivity contribution is 5.75. The highest BCUT2D eigenvalue weighted by Crippen LogP contribution is 2.42. The van der Waals surface area contributed by atoms with Crippen LogP contribution in [0.2, 0.25) is 0 Å². The number of carbonyl (C=O) groups is 1. The monoisotopic (exact) mass is 320 g/mol. The SMILES string of the molecule is COc1ccc(C2OC(=O)C(CCC3(C)OCCO3)C2C)cc1. The van der Waals surface area contributed by atoms with E-state index in [4.69, 9.17) is 18.9 Å². The Balaban J connectivity index is 1.65. The summed E-state index contributed by atoms with van der Waals surface area (Å²) in [6.07, 6.45) is 1.21. The number of ether oxygens (including phenoxy) is 4. The van der Waals surface area contributed by atoms with E-state index in [0.29, 0.717) is 26.1 Å². The molecule has 23 heavy (non-hydrogen) atoms. The third kappa shape index (κ3) is 3.35. The summed E-state index contributed by atoms with van der Waals surface area (Å²) in [6, 6.07) is 7.70. The molecule has 2 aliphatic heterocycles. The van der Waals surface area contributed by atoms with Gasteiger partial charge in [0.05, 0.1) is 26.2 Å². The molecule has 2 aliphatic rings. The molecule has 0 radical (unpaired) electrons. The lowest BCUT2D eigenvalue weighted by Crippen LogP contribution is -2.28. The summed E-state index contributed by atoms with van der Waals surface area (Å²) in [4.78, 5) is 12.3. The third-order valence-electron chi connectivity index (χ3n) is 4.91. The number of rotatable bonds is 5. The van der Waals surface area contributed by atoms with Crippen molar-refractivity contribution in [3.8, 4) is 5.75 Å². The van der Waals surface area contributed by atoms with Crippen LogP contribution < -0.4 is 4.74 Å². The molecule has 3 unspecified atom stereocenters.